The second-order valence-electron chi connectivity index (χ2n) is 5.74. The molecule has 0 N–H and O–H groups in total. The molecule has 1 atom stereocenters. The van der Waals surface area contributed by atoms with E-state index in [1.807, 2.05) is 29.0 Å². The quantitative estimate of drug-likeness (QED) is 0.534. The SMILES string of the molecule is O=C(CSc1ccc(F)cc1)N1N=C(c2cccs2)C[C@@H]1c1cccs1. The van der Waals surface area contributed by atoms with Gasteiger partial charge in [-0.3, -0.25) is 4.79 Å². The van der Waals surface area contributed by atoms with Crippen LogP contribution in [0.3, 0.4) is 0 Å². The average Bonchev–Trinajstić information content (AvgIpc) is 3.41. The Bertz CT molecular complexity index is 905. The van der Waals surface area contributed by atoms with Crippen LogP contribution < -0.4 is 0 Å². The van der Waals surface area contributed by atoms with E-state index in [0.717, 1.165) is 26.8 Å². The van der Waals surface area contributed by atoms with Crippen LogP contribution in [0.25, 0.3) is 0 Å². The van der Waals surface area contributed by atoms with Crippen molar-refractivity contribution in [2.75, 3.05) is 5.75 Å². The standard InChI is InChI=1S/C19H15FN2OS3/c20-13-5-7-14(8-6-13)26-12-19(23)22-16(18-4-2-10-25-18)11-15(21-22)17-3-1-9-24-17/h1-10,16H,11-12H2/t16-/m1/s1. The van der Waals surface area contributed by atoms with E-state index in [1.165, 1.54) is 23.9 Å². The number of nitrogens with zero attached hydrogens (tertiary/aromatic N) is 2. The summed E-state index contributed by atoms with van der Waals surface area (Å²) in [6, 6.07) is 14.2. The fraction of sp³-hybridized carbons (Fsp3) is 0.158. The van der Waals surface area contributed by atoms with E-state index in [2.05, 4.69) is 11.2 Å². The van der Waals surface area contributed by atoms with E-state index in [9.17, 15) is 9.18 Å². The van der Waals surface area contributed by atoms with Gasteiger partial charge in [0.15, 0.2) is 0 Å². The van der Waals surface area contributed by atoms with Gasteiger partial charge in [-0.1, -0.05) is 12.1 Å². The van der Waals surface area contributed by atoms with Gasteiger partial charge in [-0.05, 0) is 47.2 Å². The number of hydrogen-bond acceptors (Lipinski definition) is 5. The summed E-state index contributed by atoms with van der Waals surface area (Å²) in [6.07, 6.45) is 0.730. The first-order valence-electron chi connectivity index (χ1n) is 8.06. The smallest absolute Gasteiger partial charge is 0.253 e. The molecule has 1 aliphatic rings. The maximum atomic E-state index is 13.0. The van der Waals surface area contributed by atoms with E-state index in [4.69, 9.17) is 0 Å². The number of hydrazone groups is 1. The maximum absolute atomic E-state index is 13.0. The van der Waals surface area contributed by atoms with Crippen LogP contribution in [-0.2, 0) is 4.79 Å². The Labute approximate surface area is 163 Å². The molecule has 1 aromatic carbocycles. The van der Waals surface area contributed by atoms with Gasteiger partial charge in [0.2, 0.25) is 0 Å². The Balaban J connectivity index is 1.52. The molecule has 0 aliphatic carbocycles. The topological polar surface area (TPSA) is 32.7 Å². The largest absolute Gasteiger partial charge is 0.272 e. The Morgan fingerprint density at radius 2 is 1.92 bits per heavy atom. The lowest BCUT2D eigenvalue weighted by molar-refractivity contribution is -0.130. The second kappa shape index (κ2) is 7.73. The van der Waals surface area contributed by atoms with Gasteiger partial charge >= 0.3 is 0 Å². The second-order valence-corrected chi connectivity index (χ2v) is 8.72. The van der Waals surface area contributed by atoms with Crippen molar-refractivity contribution in [3.05, 3.63) is 74.9 Å². The average molecular weight is 403 g/mol. The number of hydrogen-bond donors (Lipinski definition) is 0. The van der Waals surface area contributed by atoms with Crippen LogP contribution >= 0.6 is 34.4 Å². The number of thiophene rings is 2. The van der Waals surface area contributed by atoms with Gasteiger partial charge in [0.1, 0.15) is 5.82 Å². The molecule has 0 saturated heterocycles. The van der Waals surface area contributed by atoms with Crippen LogP contribution in [0.2, 0.25) is 0 Å². The molecule has 2 aromatic heterocycles. The fourth-order valence-electron chi connectivity index (χ4n) is 2.78. The molecular weight excluding hydrogens is 387 g/mol. The zero-order valence-electron chi connectivity index (χ0n) is 13.7. The minimum atomic E-state index is -0.275. The van der Waals surface area contributed by atoms with E-state index in [-0.39, 0.29) is 23.5 Å². The third kappa shape index (κ3) is 3.75. The van der Waals surface area contributed by atoms with Gasteiger partial charge in [-0.15, -0.1) is 34.4 Å². The maximum Gasteiger partial charge on any atom is 0.253 e. The first kappa shape index (κ1) is 17.5. The summed E-state index contributed by atoms with van der Waals surface area (Å²) in [7, 11) is 0. The zero-order valence-corrected chi connectivity index (χ0v) is 16.1. The highest BCUT2D eigenvalue weighted by molar-refractivity contribution is 8.00. The molecule has 0 fully saturated rings. The predicted octanol–water partition coefficient (Wildman–Crippen LogP) is 5.42. The number of amides is 1. The van der Waals surface area contributed by atoms with Crippen molar-refractivity contribution in [2.24, 2.45) is 5.10 Å². The highest BCUT2D eigenvalue weighted by Gasteiger charge is 2.33. The van der Waals surface area contributed by atoms with Crippen molar-refractivity contribution >= 4 is 46.1 Å². The third-order valence-electron chi connectivity index (χ3n) is 4.02. The molecule has 0 bridgehead atoms. The number of rotatable bonds is 5. The first-order chi connectivity index (χ1) is 12.7. The molecule has 1 amide bonds. The summed E-state index contributed by atoms with van der Waals surface area (Å²) in [4.78, 5) is 16.0. The summed E-state index contributed by atoms with van der Waals surface area (Å²) >= 11 is 4.68. The normalized spacial score (nSPS) is 16.7. The molecule has 0 saturated carbocycles. The lowest BCUT2D eigenvalue weighted by atomic mass is 10.1. The van der Waals surface area contributed by atoms with Gasteiger partial charge in [0.05, 0.1) is 22.4 Å². The Hall–Kier alpha value is -1.96. The molecule has 3 nitrogen and oxygen atoms in total. The molecular formula is C19H15FN2OS3. The van der Waals surface area contributed by atoms with Gasteiger partial charge in [0, 0.05) is 16.2 Å². The van der Waals surface area contributed by atoms with Crippen molar-refractivity contribution < 1.29 is 9.18 Å². The van der Waals surface area contributed by atoms with Crippen LogP contribution in [0.1, 0.15) is 22.2 Å². The minimum absolute atomic E-state index is 0.0377. The van der Waals surface area contributed by atoms with Gasteiger partial charge in [0.25, 0.3) is 5.91 Å². The van der Waals surface area contributed by atoms with Crippen molar-refractivity contribution in [3.8, 4) is 0 Å². The lowest BCUT2D eigenvalue weighted by Crippen LogP contribution is -2.28. The summed E-state index contributed by atoms with van der Waals surface area (Å²) in [5, 5.41) is 10.3. The van der Waals surface area contributed by atoms with Crippen molar-refractivity contribution in [1.29, 1.82) is 0 Å². The molecule has 3 heterocycles. The third-order valence-corrected chi connectivity index (χ3v) is 6.91. The van der Waals surface area contributed by atoms with Crippen LogP contribution in [0, 0.1) is 5.82 Å². The summed E-state index contributed by atoms with van der Waals surface area (Å²) in [5.41, 5.74) is 0.957. The van der Waals surface area contributed by atoms with E-state index in [1.54, 1.807) is 39.8 Å². The molecule has 0 radical (unpaired) electrons. The molecule has 26 heavy (non-hydrogen) atoms. The monoisotopic (exact) mass is 402 g/mol. The number of carbonyl (C=O) groups is 1. The van der Waals surface area contributed by atoms with Gasteiger partial charge in [-0.2, -0.15) is 5.10 Å². The number of benzene rings is 1. The molecule has 0 unspecified atom stereocenters. The Morgan fingerprint density at radius 1 is 1.15 bits per heavy atom. The first-order valence-corrected chi connectivity index (χ1v) is 10.8. The molecule has 132 valence electrons. The molecule has 1 aliphatic heterocycles. The van der Waals surface area contributed by atoms with E-state index >= 15 is 0 Å². The number of halogens is 1. The predicted molar refractivity (Wildman–Crippen MR) is 107 cm³/mol. The Kier molecular flexibility index (Phi) is 5.19. The van der Waals surface area contributed by atoms with Gasteiger partial charge < -0.3 is 0 Å². The van der Waals surface area contributed by atoms with Crippen molar-refractivity contribution in [1.82, 2.24) is 5.01 Å². The summed E-state index contributed by atoms with van der Waals surface area (Å²) in [6.45, 7) is 0. The lowest BCUT2D eigenvalue weighted by Gasteiger charge is -2.20. The van der Waals surface area contributed by atoms with Gasteiger partial charge in [-0.25, -0.2) is 9.40 Å². The summed E-state index contributed by atoms with van der Waals surface area (Å²) < 4.78 is 13.0. The van der Waals surface area contributed by atoms with Crippen LogP contribution in [0.5, 0.6) is 0 Å². The minimum Gasteiger partial charge on any atom is -0.272 e. The van der Waals surface area contributed by atoms with Crippen LogP contribution in [0.4, 0.5) is 4.39 Å². The fourth-order valence-corrected chi connectivity index (χ4v) is 5.06. The van der Waals surface area contributed by atoms with E-state index in [0.29, 0.717) is 0 Å². The molecule has 0 spiro atoms. The Morgan fingerprint density at radius 3 is 2.62 bits per heavy atom. The van der Waals surface area contributed by atoms with Crippen molar-refractivity contribution in [2.45, 2.75) is 17.4 Å². The zero-order chi connectivity index (χ0) is 17.9. The molecule has 4 rings (SSSR count). The number of carbonyl (C=O) groups excluding carboxylic acids is 1. The highest BCUT2D eigenvalue weighted by atomic mass is 32.2. The molecule has 7 heteroatoms. The number of thioether (sulfide) groups is 1. The summed E-state index contributed by atoms with van der Waals surface area (Å²) in [5.74, 6) is -0.0400. The van der Waals surface area contributed by atoms with Crippen LogP contribution in [0.15, 0.2) is 69.3 Å². The van der Waals surface area contributed by atoms with E-state index < -0.39 is 0 Å². The van der Waals surface area contributed by atoms with Crippen molar-refractivity contribution in [3.63, 3.8) is 0 Å². The molecule has 3 aromatic rings. The highest BCUT2D eigenvalue weighted by Crippen LogP contribution is 2.36. The van der Waals surface area contributed by atoms with Crippen LogP contribution in [-0.4, -0.2) is 22.4 Å².